The lowest BCUT2D eigenvalue weighted by Crippen LogP contribution is -2.11. The zero-order chi connectivity index (χ0) is 12.1. The molecule has 1 aliphatic carbocycles. The van der Waals surface area contributed by atoms with E-state index in [4.69, 9.17) is 9.15 Å². The van der Waals surface area contributed by atoms with Crippen LogP contribution in [0.15, 0.2) is 10.7 Å². The summed E-state index contributed by atoms with van der Waals surface area (Å²) < 4.78 is 10.00. The second kappa shape index (κ2) is 5.70. The van der Waals surface area contributed by atoms with Gasteiger partial charge in [0, 0.05) is 6.54 Å². The van der Waals surface area contributed by atoms with Crippen LogP contribution in [0, 0.1) is 5.92 Å². The first-order valence-corrected chi connectivity index (χ1v) is 6.16. The molecule has 0 radical (unpaired) electrons. The number of aromatic nitrogens is 1. The molecule has 0 saturated heterocycles. The second-order valence-corrected chi connectivity index (χ2v) is 4.29. The van der Waals surface area contributed by atoms with Gasteiger partial charge in [0.1, 0.15) is 6.26 Å². The Kier molecular flexibility index (Phi) is 4.01. The fraction of sp³-hybridized carbons (Fsp3) is 0.667. The van der Waals surface area contributed by atoms with Crippen LogP contribution in [0.3, 0.4) is 0 Å². The zero-order valence-electron chi connectivity index (χ0n) is 10.1. The molecule has 17 heavy (non-hydrogen) atoms. The van der Waals surface area contributed by atoms with E-state index in [0.717, 1.165) is 6.54 Å². The Morgan fingerprint density at radius 1 is 1.59 bits per heavy atom. The van der Waals surface area contributed by atoms with Crippen molar-refractivity contribution in [3.63, 3.8) is 0 Å². The van der Waals surface area contributed by atoms with Gasteiger partial charge >= 0.3 is 5.97 Å². The number of ether oxygens (including phenoxy) is 1. The minimum Gasteiger partial charge on any atom is -0.461 e. The fourth-order valence-electron chi connectivity index (χ4n) is 2.10. The van der Waals surface area contributed by atoms with Gasteiger partial charge in [0.05, 0.1) is 6.61 Å². The Bertz CT molecular complexity index is 370. The highest BCUT2D eigenvalue weighted by molar-refractivity contribution is 5.87. The van der Waals surface area contributed by atoms with Gasteiger partial charge in [-0.15, -0.1) is 0 Å². The number of rotatable bonds is 5. The van der Waals surface area contributed by atoms with E-state index in [9.17, 15) is 4.79 Å². The number of carbonyl (C=O) groups excluding carboxylic acids is 1. The summed E-state index contributed by atoms with van der Waals surface area (Å²) in [5, 5.41) is 3.12. The van der Waals surface area contributed by atoms with Crippen LogP contribution in [-0.4, -0.2) is 24.1 Å². The van der Waals surface area contributed by atoms with Gasteiger partial charge in [-0.25, -0.2) is 4.79 Å². The monoisotopic (exact) mass is 238 g/mol. The summed E-state index contributed by atoms with van der Waals surface area (Å²) in [6.07, 6.45) is 6.48. The van der Waals surface area contributed by atoms with Crippen LogP contribution < -0.4 is 5.32 Å². The summed E-state index contributed by atoms with van der Waals surface area (Å²) in [5.74, 6) is 0.262. The lowest BCUT2D eigenvalue weighted by Gasteiger charge is -2.07. The molecule has 0 spiro atoms. The predicted octanol–water partition coefficient (Wildman–Crippen LogP) is 2.45. The molecule has 0 aliphatic heterocycles. The molecule has 0 unspecified atom stereocenters. The summed E-state index contributed by atoms with van der Waals surface area (Å²) in [4.78, 5) is 15.4. The van der Waals surface area contributed by atoms with Crippen molar-refractivity contribution in [3.05, 3.63) is 12.0 Å². The highest BCUT2D eigenvalue weighted by Gasteiger charge is 2.17. The largest absolute Gasteiger partial charge is 0.461 e. The number of anilines is 1. The van der Waals surface area contributed by atoms with Crippen molar-refractivity contribution in [2.75, 3.05) is 18.5 Å². The van der Waals surface area contributed by atoms with E-state index in [1.54, 1.807) is 6.92 Å². The quantitative estimate of drug-likeness (QED) is 0.798. The van der Waals surface area contributed by atoms with Crippen LogP contribution >= 0.6 is 0 Å². The molecule has 1 saturated carbocycles. The van der Waals surface area contributed by atoms with Gasteiger partial charge in [0.25, 0.3) is 6.01 Å². The number of oxazole rings is 1. The van der Waals surface area contributed by atoms with Crippen LogP contribution in [0.4, 0.5) is 6.01 Å². The smallest absolute Gasteiger partial charge is 0.360 e. The van der Waals surface area contributed by atoms with Gasteiger partial charge in [0.15, 0.2) is 5.69 Å². The molecule has 2 rings (SSSR count). The first kappa shape index (κ1) is 12.0. The Labute approximate surface area is 101 Å². The maximum Gasteiger partial charge on any atom is 0.360 e. The molecule has 0 amide bonds. The summed E-state index contributed by atoms with van der Waals surface area (Å²) in [7, 11) is 0. The standard InChI is InChI=1S/C12H18N2O3/c1-2-16-11(15)10-8-17-12(14-10)13-7-9-5-3-4-6-9/h8-9H,2-7H2,1H3,(H,13,14). The maximum atomic E-state index is 11.3. The lowest BCUT2D eigenvalue weighted by molar-refractivity contribution is 0.0519. The molecule has 0 atom stereocenters. The molecule has 1 N–H and O–H groups in total. The van der Waals surface area contributed by atoms with Gasteiger partial charge in [-0.2, -0.15) is 4.98 Å². The van der Waals surface area contributed by atoms with Crippen molar-refractivity contribution in [2.45, 2.75) is 32.6 Å². The van der Waals surface area contributed by atoms with Gasteiger partial charge in [-0.3, -0.25) is 0 Å². The van der Waals surface area contributed by atoms with Crippen LogP contribution in [-0.2, 0) is 4.74 Å². The Balaban J connectivity index is 1.83. The number of nitrogens with zero attached hydrogens (tertiary/aromatic N) is 1. The molecule has 1 fully saturated rings. The Morgan fingerprint density at radius 3 is 3.06 bits per heavy atom. The second-order valence-electron chi connectivity index (χ2n) is 4.29. The minimum atomic E-state index is -0.440. The van der Waals surface area contributed by atoms with Gasteiger partial charge in [-0.05, 0) is 25.7 Å². The number of carbonyl (C=O) groups is 1. The predicted molar refractivity (Wildman–Crippen MR) is 62.9 cm³/mol. The number of nitrogens with one attached hydrogen (secondary N) is 1. The third-order valence-electron chi connectivity index (χ3n) is 3.01. The molecule has 5 heteroatoms. The Morgan fingerprint density at radius 2 is 2.35 bits per heavy atom. The maximum absolute atomic E-state index is 11.3. The van der Waals surface area contributed by atoms with Crippen LogP contribution in [0.5, 0.6) is 0 Å². The molecule has 0 bridgehead atoms. The van der Waals surface area contributed by atoms with Gasteiger partial charge in [-0.1, -0.05) is 12.8 Å². The third-order valence-corrected chi connectivity index (χ3v) is 3.01. The van der Waals surface area contributed by atoms with Crippen molar-refractivity contribution in [3.8, 4) is 0 Å². The van der Waals surface area contributed by atoms with Gasteiger partial charge < -0.3 is 14.5 Å². The molecule has 5 nitrogen and oxygen atoms in total. The molecule has 1 heterocycles. The number of esters is 1. The summed E-state index contributed by atoms with van der Waals surface area (Å²) in [6.45, 7) is 2.97. The third kappa shape index (κ3) is 3.22. The van der Waals surface area contributed by atoms with E-state index in [2.05, 4.69) is 10.3 Å². The topological polar surface area (TPSA) is 64.4 Å². The van der Waals surface area contributed by atoms with Crippen molar-refractivity contribution >= 4 is 12.0 Å². The minimum absolute atomic E-state index is 0.223. The van der Waals surface area contributed by atoms with E-state index in [1.807, 2.05) is 0 Å². The number of hydrogen-bond donors (Lipinski definition) is 1. The van der Waals surface area contributed by atoms with E-state index in [0.29, 0.717) is 18.5 Å². The first-order valence-electron chi connectivity index (χ1n) is 6.16. The fourth-order valence-corrected chi connectivity index (χ4v) is 2.10. The van der Waals surface area contributed by atoms with Crippen molar-refractivity contribution in [1.82, 2.24) is 4.98 Å². The molecule has 1 aromatic heterocycles. The van der Waals surface area contributed by atoms with Crippen molar-refractivity contribution in [1.29, 1.82) is 0 Å². The van der Waals surface area contributed by atoms with Crippen LogP contribution in [0.2, 0.25) is 0 Å². The van der Waals surface area contributed by atoms with Crippen LogP contribution in [0.1, 0.15) is 43.1 Å². The van der Waals surface area contributed by atoms with E-state index >= 15 is 0 Å². The summed E-state index contributed by atoms with van der Waals surface area (Å²) in [5.41, 5.74) is 0.223. The molecular weight excluding hydrogens is 220 g/mol. The van der Waals surface area contributed by atoms with E-state index in [-0.39, 0.29) is 5.69 Å². The molecule has 0 aromatic carbocycles. The lowest BCUT2D eigenvalue weighted by atomic mass is 10.1. The average molecular weight is 238 g/mol. The number of hydrogen-bond acceptors (Lipinski definition) is 5. The molecule has 94 valence electrons. The molecule has 1 aromatic rings. The SMILES string of the molecule is CCOC(=O)c1coc(NCC2CCCC2)n1. The molecular formula is C12H18N2O3. The Hall–Kier alpha value is -1.52. The van der Waals surface area contributed by atoms with E-state index < -0.39 is 5.97 Å². The van der Waals surface area contributed by atoms with Gasteiger partial charge in [0.2, 0.25) is 0 Å². The molecule has 1 aliphatic rings. The highest BCUT2D eigenvalue weighted by atomic mass is 16.5. The average Bonchev–Trinajstić information content (AvgIpc) is 2.98. The summed E-state index contributed by atoms with van der Waals surface area (Å²) >= 11 is 0. The highest BCUT2D eigenvalue weighted by Crippen LogP contribution is 2.24. The normalized spacial score (nSPS) is 16.1. The van der Waals surface area contributed by atoms with Crippen LogP contribution in [0.25, 0.3) is 0 Å². The van der Waals surface area contributed by atoms with Crippen molar-refractivity contribution < 1.29 is 13.9 Å². The van der Waals surface area contributed by atoms with Crippen molar-refractivity contribution in [2.24, 2.45) is 5.92 Å². The first-order chi connectivity index (χ1) is 8.29. The van der Waals surface area contributed by atoms with E-state index in [1.165, 1.54) is 31.9 Å². The zero-order valence-corrected chi connectivity index (χ0v) is 10.1. The summed E-state index contributed by atoms with van der Waals surface area (Å²) in [6, 6.07) is 0.403.